The van der Waals surface area contributed by atoms with Crippen LogP contribution < -0.4 is 0 Å². The summed E-state index contributed by atoms with van der Waals surface area (Å²) in [6.07, 6.45) is 12.2. The third-order valence-electron chi connectivity index (χ3n) is 3.34. The number of hydrogen-bond donors (Lipinski definition) is 3. The molecular weight excluding hydrogens is 348 g/mol. The predicted molar refractivity (Wildman–Crippen MR) is 111 cm³/mol. The summed E-state index contributed by atoms with van der Waals surface area (Å²) in [5, 5.41) is 23.7. The molecule has 6 heteroatoms. The molecule has 0 aliphatic rings. The monoisotopic (exact) mass is 392 g/mol. The lowest BCUT2D eigenvalue weighted by atomic mass is 10.1. The van der Waals surface area contributed by atoms with Gasteiger partial charge in [0.05, 0.1) is 6.61 Å². The molecule has 1 atom stereocenters. The Kier molecular flexibility index (Phi) is 34.0. The van der Waals surface area contributed by atoms with Crippen LogP contribution in [0.15, 0.2) is 12.7 Å². The van der Waals surface area contributed by atoms with Crippen LogP contribution in [0.4, 0.5) is 0 Å². The highest BCUT2D eigenvalue weighted by Crippen LogP contribution is 2.11. The zero-order chi connectivity index (χ0) is 21.2. The molecule has 3 N–H and O–H groups in total. The molecule has 0 spiro atoms. The normalized spacial score (nSPS) is 10.9. The van der Waals surface area contributed by atoms with Gasteiger partial charge in [-0.25, -0.2) is 0 Å². The zero-order valence-corrected chi connectivity index (χ0v) is 17.8. The average Bonchev–Trinajstić information content (AvgIpc) is 2.62. The summed E-state index contributed by atoms with van der Waals surface area (Å²) in [6, 6.07) is 0. The smallest absolute Gasteiger partial charge is 0.303 e. The van der Waals surface area contributed by atoms with Crippen LogP contribution in [-0.4, -0.2) is 54.0 Å². The van der Waals surface area contributed by atoms with Gasteiger partial charge in [-0.3, -0.25) is 4.79 Å². The van der Waals surface area contributed by atoms with E-state index < -0.39 is 5.97 Å². The number of aliphatic carboxylic acids is 1. The van der Waals surface area contributed by atoms with Crippen LogP contribution in [0.2, 0.25) is 0 Å². The van der Waals surface area contributed by atoms with E-state index in [1.807, 2.05) is 6.92 Å². The SMILES string of the molecule is C=CCOC(C)OCCCCCCCCCCCC(=O)O.CCO.CCO. The second-order valence-electron chi connectivity index (χ2n) is 6.02. The van der Waals surface area contributed by atoms with E-state index in [1.165, 1.54) is 32.1 Å². The molecule has 0 aliphatic heterocycles. The molecule has 0 aromatic carbocycles. The van der Waals surface area contributed by atoms with Crippen LogP contribution in [-0.2, 0) is 14.3 Å². The predicted octanol–water partition coefficient (Wildman–Crippen LogP) is 4.53. The summed E-state index contributed by atoms with van der Waals surface area (Å²) in [5.41, 5.74) is 0. The molecule has 27 heavy (non-hydrogen) atoms. The largest absolute Gasteiger partial charge is 0.481 e. The van der Waals surface area contributed by atoms with Gasteiger partial charge in [0.2, 0.25) is 0 Å². The van der Waals surface area contributed by atoms with Gasteiger partial charge in [0.15, 0.2) is 6.29 Å². The number of hydrogen-bond acceptors (Lipinski definition) is 5. The minimum Gasteiger partial charge on any atom is -0.481 e. The maximum absolute atomic E-state index is 10.3. The van der Waals surface area contributed by atoms with Gasteiger partial charge in [-0.1, -0.05) is 51.0 Å². The fraction of sp³-hybridized carbons (Fsp3) is 0.857. The number of carboxylic acid groups (broad SMARTS) is 1. The lowest BCUT2D eigenvalue weighted by Gasteiger charge is -2.12. The summed E-state index contributed by atoms with van der Waals surface area (Å²) in [5.74, 6) is -0.679. The van der Waals surface area contributed by atoms with Crippen molar-refractivity contribution in [3.8, 4) is 0 Å². The second-order valence-corrected chi connectivity index (χ2v) is 6.02. The van der Waals surface area contributed by atoms with E-state index in [0.717, 1.165) is 32.3 Å². The Morgan fingerprint density at radius 3 is 1.70 bits per heavy atom. The Hall–Kier alpha value is -0.950. The van der Waals surface area contributed by atoms with Crippen LogP contribution in [0.3, 0.4) is 0 Å². The summed E-state index contributed by atoms with van der Waals surface area (Å²) in [4.78, 5) is 10.3. The van der Waals surface area contributed by atoms with E-state index in [0.29, 0.717) is 13.0 Å². The molecule has 0 saturated heterocycles. The highest BCUT2D eigenvalue weighted by Gasteiger charge is 2.00. The molecular formula is C21H44O6. The van der Waals surface area contributed by atoms with Gasteiger partial charge in [0, 0.05) is 26.2 Å². The first-order chi connectivity index (χ1) is 13.0. The molecule has 0 radical (unpaired) electrons. The second kappa shape index (κ2) is 29.8. The van der Waals surface area contributed by atoms with E-state index >= 15 is 0 Å². The summed E-state index contributed by atoms with van der Waals surface area (Å²) >= 11 is 0. The van der Waals surface area contributed by atoms with Gasteiger partial charge in [0.25, 0.3) is 0 Å². The number of carbonyl (C=O) groups is 1. The van der Waals surface area contributed by atoms with Crippen LogP contribution in [0, 0.1) is 0 Å². The van der Waals surface area contributed by atoms with Crippen LogP contribution in [0.1, 0.15) is 85.0 Å². The molecule has 164 valence electrons. The van der Waals surface area contributed by atoms with Crippen molar-refractivity contribution in [3.63, 3.8) is 0 Å². The van der Waals surface area contributed by atoms with Gasteiger partial charge < -0.3 is 24.8 Å². The quantitative estimate of drug-likeness (QED) is 0.203. The first-order valence-electron chi connectivity index (χ1n) is 10.3. The standard InChI is InChI=1S/C17H32O4.2C2H6O/c1-3-14-20-16(2)21-15-12-10-8-6-4-5-7-9-11-13-17(18)19;2*1-2-3/h3,16H,1,4-15H2,2H3,(H,18,19);2*3H,2H2,1H3. The first-order valence-corrected chi connectivity index (χ1v) is 10.3. The van der Waals surface area contributed by atoms with Crippen molar-refractivity contribution in [1.82, 2.24) is 0 Å². The van der Waals surface area contributed by atoms with Crippen molar-refractivity contribution >= 4 is 5.97 Å². The Morgan fingerprint density at radius 1 is 0.889 bits per heavy atom. The minimum absolute atomic E-state index is 0.145. The molecule has 0 heterocycles. The fourth-order valence-corrected chi connectivity index (χ4v) is 2.12. The molecule has 0 aromatic heterocycles. The number of ether oxygens (including phenoxy) is 2. The lowest BCUT2D eigenvalue weighted by Crippen LogP contribution is -2.13. The fourth-order valence-electron chi connectivity index (χ4n) is 2.12. The zero-order valence-electron chi connectivity index (χ0n) is 17.8. The van der Waals surface area contributed by atoms with E-state index in [4.69, 9.17) is 24.8 Å². The molecule has 0 rings (SSSR count). The van der Waals surface area contributed by atoms with Gasteiger partial charge in [0.1, 0.15) is 0 Å². The molecule has 1 unspecified atom stereocenters. The number of rotatable bonds is 16. The van der Waals surface area contributed by atoms with E-state index in [1.54, 1.807) is 19.9 Å². The molecule has 0 aromatic rings. The number of aliphatic hydroxyl groups is 2. The van der Waals surface area contributed by atoms with E-state index in [9.17, 15) is 4.79 Å². The van der Waals surface area contributed by atoms with E-state index in [2.05, 4.69) is 6.58 Å². The average molecular weight is 393 g/mol. The van der Waals surface area contributed by atoms with Crippen molar-refractivity contribution in [2.75, 3.05) is 26.4 Å². The molecule has 0 bridgehead atoms. The number of carboxylic acids is 1. The summed E-state index contributed by atoms with van der Waals surface area (Å²) in [7, 11) is 0. The van der Waals surface area contributed by atoms with Crippen LogP contribution in [0.25, 0.3) is 0 Å². The molecule has 0 amide bonds. The maximum Gasteiger partial charge on any atom is 0.303 e. The third kappa shape index (κ3) is 40.9. The molecule has 0 fully saturated rings. The number of unbranched alkanes of at least 4 members (excludes halogenated alkanes) is 8. The van der Waals surface area contributed by atoms with Crippen molar-refractivity contribution < 1.29 is 29.6 Å². The Morgan fingerprint density at radius 2 is 1.30 bits per heavy atom. The summed E-state index contributed by atoms with van der Waals surface area (Å²) < 4.78 is 10.8. The Balaban J connectivity index is -0.000000840. The maximum atomic E-state index is 10.3. The minimum atomic E-state index is -0.679. The highest BCUT2D eigenvalue weighted by atomic mass is 16.7. The van der Waals surface area contributed by atoms with Crippen LogP contribution >= 0.6 is 0 Å². The van der Waals surface area contributed by atoms with Crippen molar-refractivity contribution in [2.24, 2.45) is 0 Å². The van der Waals surface area contributed by atoms with Crippen molar-refractivity contribution in [2.45, 2.75) is 91.3 Å². The van der Waals surface area contributed by atoms with Gasteiger partial charge in [-0.2, -0.15) is 0 Å². The van der Waals surface area contributed by atoms with Gasteiger partial charge in [-0.05, 0) is 33.6 Å². The highest BCUT2D eigenvalue weighted by molar-refractivity contribution is 5.66. The van der Waals surface area contributed by atoms with Crippen molar-refractivity contribution in [1.29, 1.82) is 0 Å². The number of aliphatic hydroxyl groups excluding tert-OH is 2. The topological polar surface area (TPSA) is 96.2 Å². The first kappa shape index (κ1) is 30.8. The molecule has 0 aliphatic carbocycles. The lowest BCUT2D eigenvalue weighted by molar-refractivity contribution is -0.137. The van der Waals surface area contributed by atoms with Crippen LogP contribution in [0.5, 0.6) is 0 Å². The Labute approximate surface area is 166 Å². The van der Waals surface area contributed by atoms with Gasteiger partial charge in [-0.15, -0.1) is 6.58 Å². The van der Waals surface area contributed by atoms with Gasteiger partial charge >= 0.3 is 5.97 Å². The third-order valence-corrected chi connectivity index (χ3v) is 3.34. The summed E-state index contributed by atoms with van der Waals surface area (Å²) in [6.45, 7) is 10.7. The van der Waals surface area contributed by atoms with Crippen molar-refractivity contribution in [3.05, 3.63) is 12.7 Å². The Bertz CT molecular complexity index is 282. The molecule has 6 nitrogen and oxygen atoms in total. The van der Waals surface area contributed by atoms with E-state index in [-0.39, 0.29) is 19.5 Å². The molecule has 0 saturated carbocycles.